The Morgan fingerprint density at radius 1 is 1.03 bits per heavy atom. The maximum atomic E-state index is 13.2. The molecule has 0 N–H and O–H groups in total. The van der Waals surface area contributed by atoms with Crippen LogP contribution >= 0.6 is 0 Å². The standard InChI is InChI=1S/C24H28N4O3/c1-3-13-28-21-12-8-7-11-20(21)25-22(24(28)30)26-14-16-27(17-15-26)23(29)18(2)31-19-9-5-4-6-10-19/h4-12,18H,3,13-17H2,1-2H3/t18-/m1/s1. The molecule has 0 saturated carbocycles. The van der Waals surface area contributed by atoms with Crippen molar-refractivity contribution in [1.29, 1.82) is 0 Å². The Morgan fingerprint density at radius 3 is 2.42 bits per heavy atom. The average Bonchev–Trinajstić information content (AvgIpc) is 2.81. The van der Waals surface area contributed by atoms with E-state index in [9.17, 15) is 9.59 Å². The Balaban J connectivity index is 1.47. The van der Waals surface area contributed by atoms with Crippen molar-refractivity contribution in [2.24, 2.45) is 0 Å². The Bertz CT molecular complexity index is 1100. The number of aromatic nitrogens is 2. The maximum Gasteiger partial charge on any atom is 0.294 e. The quantitative estimate of drug-likeness (QED) is 0.613. The molecule has 0 aliphatic carbocycles. The van der Waals surface area contributed by atoms with Crippen molar-refractivity contribution in [3.05, 3.63) is 65.0 Å². The van der Waals surface area contributed by atoms with Crippen LogP contribution < -0.4 is 15.2 Å². The Hall–Kier alpha value is -3.35. The third kappa shape index (κ3) is 4.40. The summed E-state index contributed by atoms with van der Waals surface area (Å²) < 4.78 is 7.59. The van der Waals surface area contributed by atoms with Gasteiger partial charge in [-0.15, -0.1) is 0 Å². The minimum atomic E-state index is -0.561. The third-order valence-corrected chi connectivity index (χ3v) is 5.58. The van der Waals surface area contributed by atoms with Crippen LogP contribution in [0.25, 0.3) is 11.0 Å². The first-order valence-electron chi connectivity index (χ1n) is 10.8. The molecular weight excluding hydrogens is 392 g/mol. The van der Waals surface area contributed by atoms with Gasteiger partial charge >= 0.3 is 0 Å². The summed E-state index contributed by atoms with van der Waals surface area (Å²) in [6.45, 7) is 6.68. The van der Waals surface area contributed by atoms with Gasteiger partial charge < -0.3 is 19.1 Å². The number of ether oxygens (including phenoxy) is 1. The van der Waals surface area contributed by atoms with Crippen molar-refractivity contribution in [3.8, 4) is 5.75 Å². The topological polar surface area (TPSA) is 67.7 Å². The molecule has 0 unspecified atom stereocenters. The first kappa shape index (κ1) is 20.9. The van der Waals surface area contributed by atoms with E-state index in [4.69, 9.17) is 4.74 Å². The van der Waals surface area contributed by atoms with E-state index in [1.165, 1.54) is 0 Å². The number of hydrogen-bond acceptors (Lipinski definition) is 5. The van der Waals surface area contributed by atoms with Crippen molar-refractivity contribution < 1.29 is 9.53 Å². The van der Waals surface area contributed by atoms with E-state index >= 15 is 0 Å². The largest absolute Gasteiger partial charge is 0.481 e. The number of benzene rings is 2. The van der Waals surface area contributed by atoms with Crippen LogP contribution in [0.3, 0.4) is 0 Å². The van der Waals surface area contributed by atoms with E-state index in [1.54, 1.807) is 11.8 Å². The molecule has 1 amide bonds. The van der Waals surface area contributed by atoms with Gasteiger partial charge in [-0.05, 0) is 37.6 Å². The first-order chi connectivity index (χ1) is 15.1. The number of fused-ring (bicyclic) bond motifs is 1. The highest BCUT2D eigenvalue weighted by atomic mass is 16.5. The minimum absolute atomic E-state index is 0.0432. The van der Waals surface area contributed by atoms with E-state index in [-0.39, 0.29) is 11.5 Å². The number of nitrogens with zero attached hydrogens (tertiary/aromatic N) is 4. The van der Waals surface area contributed by atoms with Gasteiger partial charge in [0.05, 0.1) is 11.0 Å². The SMILES string of the molecule is CCCn1c(=O)c(N2CCN(C(=O)[C@@H](C)Oc3ccccc3)CC2)nc2ccccc21. The van der Waals surface area contributed by atoms with Gasteiger partial charge in [-0.25, -0.2) is 4.98 Å². The van der Waals surface area contributed by atoms with E-state index < -0.39 is 6.10 Å². The van der Waals surface area contributed by atoms with Gasteiger partial charge in [0, 0.05) is 32.7 Å². The van der Waals surface area contributed by atoms with Gasteiger partial charge in [-0.1, -0.05) is 37.3 Å². The number of amides is 1. The number of rotatable bonds is 6. The Labute approximate surface area is 181 Å². The second kappa shape index (κ2) is 9.20. The van der Waals surface area contributed by atoms with Crippen LogP contribution in [0, 0.1) is 0 Å². The summed E-state index contributed by atoms with van der Waals surface area (Å²) in [5.74, 6) is 1.10. The zero-order valence-corrected chi connectivity index (χ0v) is 18.0. The van der Waals surface area contributed by atoms with Crippen molar-refractivity contribution in [3.63, 3.8) is 0 Å². The Kier molecular flexibility index (Phi) is 6.21. The first-order valence-corrected chi connectivity index (χ1v) is 10.8. The van der Waals surface area contributed by atoms with Crippen molar-refractivity contribution in [2.45, 2.75) is 32.9 Å². The van der Waals surface area contributed by atoms with Crippen LogP contribution in [-0.4, -0.2) is 52.6 Å². The summed E-state index contributed by atoms with van der Waals surface area (Å²) in [7, 11) is 0. The molecule has 162 valence electrons. The molecule has 1 aliphatic rings. The number of anilines is 1. The van der Waals surface area contributed by atoms with Gasteiger partial charge in [0.15, 0.2) is 11.9 Å². The zero-order chi connectivity index (χ0) is 21.8. The Morgan fingerprint density at radius 2 is 1.71 bits per heavy atom. The van der Waals surface area contributed by atoms with Crippen LogP contribution in [-0.2, 0) is 11.3 Å². The lowest BCUT2D eigenvalue weighted by molar-refractivity contribution is -0.138. The van der Waals surface area contributed by atoms with Crippen molar-refractivity contribution in [1.82, 2.24) is 14.5 Å². The normalized spacial score (nSPS) is 15.2. The molecule has 1 aliphatic heterocycles. The van der Waals surface area contributed by atoms with E-state index in [0.29, 0.717) is 44.3 Å². The van der Waals surface area contributed by atoms with Crippen LogP contribution in [0.4, 0.5) is 5.82 Å². The van der Waals surface area contributed by atoms with E-state index in [0.717, 1.165) is 17.5 Å². The summed E-state index contributed by atoms with van der Waals surface area (Å²) >= 11 is 0. The van der Waals surface area contributed by atoms with Gasteiger partial charge in [0.2, 0.25) is 0 Å². The van der Waals surface area contributed by atoms with Gasteiger partial charge in [-0.3, -0.25) is 9.59 Å². The lowest BCUT2D eigenvalue weighted by atomic mass is 10.2. The van der Waals surface area contributed by atoms with Crippen LogP contribution in [0.2, 0.25) is 0 Å². The third-order valence-electron chi connectivity index (χ3n) is 5.58. The summed E-state index contributed by atoms with van der Waals surface area (Å²) in [4.78, 5) is 34.4. The molecule has 7 heteroatoms. The molecule has 0 bridgehead atoms. The predicted molar refractivity (Wildman–Crippen MR) is 122 cm³/mol. The summed E-state index contributed by atoms with van der Waals surface area (Å²) in [6, 6.07) is 17.1. The number of hydrogen-bond donors (Lipinski definition) is 0. The molecule has 2 heterocycles. The fraction of sp³-hybridized carbons (Fsp3) is 0.375. The molecule has 1 aromatic heterocycles. The lowest BCUT2D eigenvalue weighted by Gasteiger charge is -2.36. The predicted octanol–water partition coefficient (Wildman–Crippen LogP) is 2.92. The second-order valence-corrected chi connectivity index (χ2v) is 7.77. The number of carbonyl (C=O) groups is 1. The summed E-state index contributed by atoms with van der Waals surface area (Å²) in [5, 5.41) is 0. The summed E-state index contributed by atoms with van der Waals surface area (Å²) in [5.41, 5.74) is 1.61. The molecule has 1 fully saturated rings. The highest BCUT2D eigenvalue weighted by Crippen LogP contribution is 2.18. The molecule has 7 nitrogen and oxygen atoms in total. The van der Waals surface area contributed by atoms with Crippen LogP contribution in [0.5, 0.6) is 5.75 Å². The molecule has 3 aromatic rings. The molecule has 4 rings (SSSR count). The van der Waals surface area contributed by atoms with Crippen molar-refractivity contribution >= 4 is 22.8 Å². The summed E-state index contributed by atoms with van der Waals surface area (Å²) in [6.07, 6.45) is 0.309. The van der Waals surface area contributed by atoms with Gasteiger partial charge in [0.1, 0.15) is 5.75 Å². The minimum Gasteiger partial charge on any atom is -0.481 e. The molecule has 1 saturated heterocycles. The van der Waals surface area contributed by atoms with E-state index in [2.05, 4.69) is 11.9 Å². The van der Waals surface area contributed by atoms with Crippen molar-refractivity contribution in [2.75, 3.05) is 31.1 Å². The number of piperazine rings is 1. The van der Waals surface area contributed by atoms with Gasteiger partial charge in [-0.2, -0.15) is 0 Å². The maximum absolute atomic E-state index is 13.2. The van der Waals surface area contributed by atoms with E-state index in [1.807, 2.05) is 64.1 Å². The number of para-hydroxylation sites is 3. The fourth-order valence-corrected chi connectivity index (χ4v) is 3.98. The molecule has 31 heavy (non-hydrogen) atoms. The smallest absolute Gasteiger partial charge is 0.294 e. The second-order valence-electron chi connectivity index (χ2n) is 7.77. The molecule has 2 aromatic carbocycles. The van der Waals surface area contributed by atoms with Gasteiger partial charge in [0.25, 0.3) is 11.5 Å². The highest BCUT2D eigenvalue weighted by molar-refractivity contribution is 5.81. The molecule has 1 atom stereocenters. The fourth-order valence-electron chi connectivity index (χ4n) is 3.98. The average molecular weight is 421 g/mol. The van der Waals surface area contributed by atoms with Crippen LogP contribution in [0.1, 0.15) is 20.3 Å². The molecular formula is C24H28N4O3. The molecule has 0 spiro atoms. The van der Waals surface area contributed by atoms with Crippen LogP contribution in [0.15, 0.2) is 59.4 Å². The monoisotopic (exact) mass is 420 g/mol. The molecule has 0 radical (unpaired) electrons. The zero-order valence-electron chi connectivity index (χ0n) is 18.0. The number of carbonyl (C=O) groups excluding carboxylic acids is 1. The number of aryl methyl sites for hydroxylation is 1. The highest BCUT2D eigenvalue weighted by Gasteiger charge is 2.28. The lowest BCUT2D eigenvalue weighted by Crippen LogP contribution is -2.53.